The predicted molar refractivity (Wildman–Crippen MR) is 52.3 cm³/mol. The van der Waals surface area contributed by atoms with Gasteiger partial charge in [0, 0.05) is 12.4 Å². The van der Waals surface area contributed by atoms with Crippen LogP contribution >= 0.6 is 0 Å². The third-order valence-corrected chi connectivity index (χ3v) is 0.847. The SMILES string of the molecule is CB(C)C.Cc1ccncc1. The lowest BCUT2D eigenvalue weighted by molar-refractivity contribution is 1.29. The Labute approximate surface area is 69.9 Å². The zero-order valence-electron chi connectivity index (χ0n) is 7.83. The second-order valence-electron chi connectivity index (χ2n) is 3.26. The third kappa shape index (κ3) is 9.21. The maximum absolute atomic E-state index is 3.85. The van der Waals surface area contributed by atoms with Crippen LogP contribution in [0.1, 0.15) is 5.56 Å². The topological polar surface area (TPSA) is 12.9 Å². The summed E-state index contributed by atoms with van der Waals surface area (Å²) in [6.45, 7) is 9.38. The largest absolute Gasteiger partial charge is 0.265 e. The summed E-state index contributed by atoms with van der Waals surface area (Å²) in [5.74, 6) is 0. The zero-order valence-corrected chi connectivity index (χ0v) is 7.83. The minimum atomic E-state index is 0.833. The van der Waals surface area contributed by atoms with Crippen molar-refractivity contribution >= 4 is 6.71 Å². The van der Waals surface area contributed by atoms with Crippen LogP contribution in [0.3, 0.4) is 0 Å². The summed E-state index contributed by atoms with van der Waals surface area (Å²) < 4.78 is 0. The molecule has 0 N–H and O–H groups in total. The van der Waals surface area contributed by atoms with Gasteiger partial charge in [-0.2, -0.15) is 0 Å². The highest BCUT2D eigenvalue weighted by Gasteiger charge is 1.76. The van der Waals surface area contributed by atoms with E-state index in [1.54, 1.807) is 12.4 Å². The van der Waals surface area contributed by atoms with Crippen LogP contribution in [0.5, 0.6) is 0 Å². The van der Waals surface area contributed by atoms with Gasteiger partial charge in [-0.3, -0.25) is 4.98 Å². The summed E-state index contributed by atoms with van der Waals surface area (Å²) in [5, 5.41) is 0. The molecule has 0 spiro atoms. The predicted octanol–water partition coefficient (Wildman–Crippen LogP) is 2.76. The Morgan fingerprint density at radius 3 is 1.64 bits per heavy atom. The first-order valence-electron chi connectivity index (χ1n) is 3.99. The van der Waals surface area contributed by atoms with Crippen LogP contribution in [0.25, 0.3) is 0 Å². The quantitative estimate of drug-likeness (QED) is 0.517. The van der Waals surface area contributed by atoms with E-state index in [-0.39, 0.29) is 0 Å². The standard InChI is InChI=1S/C6H7N.C3H9B/c1-6-2-4-7-5-3-6;1-4(2)3/h2-5H,1H3;1-3H3. The van der Waals surface area contributed by atoms with Crippen LogP contribution in [0.2, 0.25) is 20.5 Å². The number of nitrogens with zero attached hydrogens (tertiary/aromatic N) is 1. The fraction of sp³-hybridized carbons (Fsp3) is 0.444. The molecule has 0 aliphatic carbocycles. The van der Waals surface area contributed by atoms with Crippen LogP contribution < -0.4 is 0 Å². The van der Waals surface area contributed by atoms with Crippen molar-refractivity contribution in [2.24, 2.45) is 0 Å². The van der Waals surface area contributed by atoms with Crippen LogP contribution in [0, 0.1) is 6.92 Å². The Bertz CT molecular complexity index is 169. The molecule has 0 aliphatic rings. The molecule has 1 heterocycles. The molecule has 0 radical (unpaired) electrons. The smallest absolute Gasteiger partial charge is 0.130 e. The van der Waals surface area contributed by atoms with Crippen molar-refractivity contribution in [3.05, 3.63) is 30.1 Å². The van der Waals surface area contributed by atoms with Crippen molar-refractivity contribution < 1.29 is 0 Å². The Balaban J connectivity index is 0.000000218. The van der Waals surface area contributed by atoms with E-state index in [1.165, 1.54) is 5.56 Å². The molecule has 2 heteroatoms. The van der Waals surface area contributed by atoms with E-state index in [9.17, 15) is 0 Å². The molecule has 60 valence electrons. The summed E-state index contributed by atoms with van der Waals surface area (Å²) in [4.78, 5) is 3.85. The van der Waals surface area contributed by atoms with Crippen molar-refractivity contribution in [3.8, 4) is 0 Å². The fourth-order valence-electron chi connectivity index (χ4n) is 0.426. The van der Waals surface area contributed by atoms with Crippen molar-refractivity contribution in [1.82, 2.24) is 4.98 Å². The van der Waals surface area contributed by atoms with Crippen molar-refractivity contribution in [2.45, 2.75) is 27.4 Å². The molecule has 0 saturated heterocycles. The number of aryl methyl sites for hydroxylation is 1. The first-order chi connectivity index (χ1) is 5.13. The summed E-state index contributed by atoms with van der Waals surface area (Å²) in [6, 6.07) is 3.94. The van der Waals surface area contributed by atoms with E-state index in [0.717, 1.165) is 6.71 Å². The molecule has 0 bridgehead atoms. The lowest BCUT2D eigenvalue weighted by Crippen LogP contribution is -1.84. The van der Waals surface area contributed by atoms with Gasteiger partial charge in [0.15, 0.2) is 0 Å². The summed E-state index contributed by atoms with van der Waals surface area (Å²) >= 11 is 0. The molecule has 0 unspecified atom stereocenters. The van der Waals surface area contributed by atoms with Gasteiger partial charge in [0.1, 0.15) is 6.71 Å². The highest BCUT2D eigenvalue weighted by atomic mass is 14.6. The van der Waals surface area contributed by atoms with Gasteiger partial charge >= 0.3 is 0 Å². The molecule has 0 atom stereocenters. The number of hydrogen-bond donors (Lipinski definition) is 0. The Morgan fingerprint density at radius 2 is 1.45 bits per heavy atom. The van der Waals surface area contributed by atoms with Gasteiger partial charge in [0.25, 0.3) is 0 Å². The average Bonchev–Trinajstić information content (AvgIpc) is 1.87. The molecule has 0 aromatic carbocycles. The number of hydrogen-bond acceptors (Lipinski definition) is 1. The number of pyridine rings is 1. The second-order valence-corrected chi connectivity index (χ2v) is 3.26. The minimum Gasteiger partial charge on any atom is -0.265 e. The molecule has 11 heavy (non-hydrogen) atoms. The molecular formula is C9H16BN. The molecule has 1 nitrogen and oxygen atoms in total. The van der Waals surface area contributed by atoms with Gasteiger partial charge in [-0.05, 0) is 24.6 Å². The van der Waals surface area contributed by atoms with Crippen LogP contribution in [0.4, 0.5) is 0 Å². The molecule has 1 aromatic rings. The van der Waals surface area contributed by atoms with Gasteiger partial charge < -0.3 is 0 Å². The van der Waals surface area contributed by atoms with Gasteiger partial charge in [0.2, 0.25) is 0 Å². The third-order valence-electron chi connectivity index (χ3n) is 0.847. The maximum atomic E-state index is 3.85. The molecule has 1 aromatic heterocycles. The van der Waals surface area contributed by atoms with Gasteiger partial charge in [0.05, 0.1) is 0 Å². The van der Waals surface area contributed by atoms with Crippen molar-refractivity contribution in [3.63, 3.8) is 0 Å². The highest BCUT2D eigenvalue weighted by Crippen LogP contribution is 1.88. The monoisotopic (exact) mass is 149 g/mol. The minimum absolute atomic E-state index is 0.833. The van der Waals surface area contributed by atoms with E-state index in [0.29, 0.717) is 0 Å². The average molecular weight is 149 g/mol. The maximum Gasteiger partial charge on any atom is 0.130 e. The summed E-state index contributed by atoms with van der Waals surface area (Å²) in [7, 11) is 0. The van der Waals surface area contributed by atoms with Gasteiger partial charge in [-0.1, -0.05) is 20.5 Å². The second kappa shape index (κ2) is 5.96. The van der Waals surface area contributed by atoms with Gasteiger partial charge in [-0.15, -0.1) is 0 Å². The zero-order chi connectivity index (χ0) is 8.69. The van der Waals surface area contributed by atoms with Crippen LogP contribution in [-0.2, 0) is 0 Å². The molecule has 0 aliphatic heterocycles. The van der Waals surface area contributed by atoms with E-state index in [1.807, 2.05) is 19.1 Å². The first kappa shape index (κ1) is 10.2. The normalized spacial score (nSPS) is 8.00. The van der Waals surface area contributed by atoms with Crippen LogP contribution in [-0.4, -0.2) is 11.7 Å². The van der Waals surface area contributed by atoms with E-state index in [4.69, 9.17) is 0 Å². The molecular weight excluding hydrogens is 133 g/mol. The molecule has 0 amide bonds. The summed E-state index contributed by atoms with van der Waals surface area (Å²) in [6.07, 6.45) is 3.57. The lowest BCUT2D eigenvalue weighted by Gasteiger charge is -1.82. The van der Waals surface area contributed by atoms with E-state index >= 15 is 0 Å². The fourth-order valence-corrected chi connectivity index (χ4v) is 0.426. The first-order valence-corrected chi connectivity index (χ1v) is 3.99. The number of aromatic nitrogens is 1. The Kier molecular flexibility index (Phi) is 5.53. The summed E-state index contributed by atoms with van der Waals surface area (Å²) in [5.41, 5.74) is 1.26. The van der Waals surface area contributed by atoms with E-state index in [2.05, 4.69) is 25.5 Å². The van der Waals surface area contributed by atoms with Crippen molar-refractivity contribution in [1.29, 1.82) is 0 Å². The number of rotatable bonds is 0. The Morgan fingerprint density at radius 1 is 1.09 bits per heavy atom. The van der Waals surface area contributed by atoms with Crippen molar-refractivity contribution in [2.75, 3.05) is 0 Å². The molecule has 0 saturated carbocycles. The van der Waals surface area contributed by atoms with Gasteiger partial charge in [-0.25, -0.2) is 0 Å². The lowest BCUT2D eigenvalue weighted by atomic mass is 9.58. The molecule has 0 fully saturated rings. The molecule has 1 rings (SSSR count). The van der Waals surface area contributed by atoms with Crippen LogP contribution in [0.15, 0.2) is 24.5 Å². The Hall–Kier alpha value is -0.785. The van der Waals surface area contributed by atoms with E-state index < -0.39 is 0 Å². The highest BCUT2D eigenvalue weighted by molar-refractivity contribution is 6.54.